The second kappa shape index (κ2) is 4.90. The van der Waals surface area contributed by atoms with E-state index in [0.29, 0.717) is 0 Å². The zero-order valence-electron chi connectivity index (χ0n) is 10.4. The highest BCUT2D eigenvalue weighted by Crippen LogP contribution is 2.25. The lowest BCUT2D eigenvalue weighted by molar-refractivity contribution is 0.225. The third-order valence-corrected chi connectivity index (χ3v) is 3.29. The predicted molar refractivity (Wildman–Crippen MR) is 72.4 cm³/mol. The fourth-order valence-corrected chi connectivity index (χ4v) is 2.36. The van der Waals surface area contributed by atoms with E-state index in [4.69, 9.17) is 0 Å². The van der Waals surface area contributed by atoms with Gasteiger partial charge in [-0.3, -0.25) is 5.32 Å². The molecule has 2 aromatic carbocycles. The lowest BCUT2D eigenvalue weighted by Gasteiger charge is -2.18. The minimum absolute atomic E-state index is 0.168. The normalized spacial score (nSPS) is 24.3. The molecule has 1 aliphatic rings. The molecule has 1 heterocycles. The van der Waals surface area contributed by atoms with Gasteiger partial charge in [0.15, 0.2) is 0 Å². The maximum atomic E-state index is 3.59. The van der Waals surface area contributed by atoms with E-state index < -0.39 is 0 Å². The molecule has 0 aromatic heterocycles. The molecule has 1 aliphatic heterocycles. The molecule has 0 aliphatic carbocycles. The Morgan fingerprint density at radius 2 is 1.39 bits per heavy atom. The van der Waals surface area contributed by atoms with Crippen molar-refractivity contribution in [3.63, 3.8) is 0 Å². The van der Waals surface area contributed by atoms with Crippen molar-refractivity contribution >= 4 is 0 Å². The first-order valence-electron chi connectivity index (χ1n) is 6.19. The van der Waals surface area contributed by atoms with Crippen LogP contribution >= 0.6 is 0 Å². The van der Waals surface area contributed by atoms with Crippen LogP contribution in [0.1, 0.15) is 23.5 Å². The minimum atomic E-state index is 0.168. The first-order valence-corrected chi connectivity index (χ1v) is 6.19. The largest absolute Gasteiger partial charge is 0.277 e. The van der Waals surface area contributed by atoms with Gasteiger partial charge in [0, 0.05) is 7.05 Å². The molecule has 3 heteroatoms. The first-order chi connectivity index (χ1) is 8.84. The topological polar surface area (TPSA) is 27.3 Å². The van der Waals surface area contributed by atoms with E-state index in [-0.39, 0.29) is 12.3 Å². The van der Waals surface area contributed by atoms with Gasteiger partial charge in [-0.2, -0.15) is 0 Å². The molecule has 18 heavy (non-hydrogen) atoms. The van der Waals surface area contributed by atoms with Crippen LogP contribution in [0.4, 0.5) is 0 Å². The minimum Gasteiger partial charge on any atom is -0.277 e. The second-order valence-corrected chi connectivity index (χ2v) is 4.56. The van der Waals surface area contributed by atoms with Crippen LogP contribution in [-0.2, 0) is 0 Å². The quantitative estimate of drug-likeness (QED) is 0.843. The number of nitrogens with zero attached hydrogens (tertiary/aromatic N) is 1. The number of hydrogen-bond acceptors (Lipinski definition) is 3. The number of benzene rings is 2. The maximum Gasteiger partial charge on any atom is 0.100 e. The Hall–Kier alpha value is -1.68. The van der Waals surface area contributed by atoms with Gasteiger partial charge in [0.25, 0.3) is 0 Å². The van der Waals surface area contributed by atoms with Crippen molar-refractivity contribution in [3.05, 3.63) is 71.8 Å². The molecule has 1 saturated heterocycles. The highest BCUT2D eigenvalue weighted by molar-refractivity contribution is 5.23. The second-order valence-electron chi connectivity index (χ2n) is 4.56. The van der Waals surface area contributed by atoms with Gasteiger partial charge in [-0.05, 0) is 11.1 Å². The van der Waals surface area contributed by atoms with Crippen LogP contribution in [0.2, 0.25) is 0 Å². The Balaban J connectivity index is 1.81. The molecule has 0 saturated carbocycles. The van der Waals surface area contributed by atoms with Gasteiger partial charge < -0.3 is 0 Å². The van der Waals surface area contributed by atoms with E-state index >= 15 is 0 Å². The first kappa shape index (κ1) is 11.4. The van der Waals surface area contributed by atoms with E-state index in [2.05, 4.69) is 71.3 Å². The molecule has 3 nitrogen and oxygen atoms in total. The van der Waals surface area contributed by atoms with Gasteiger partial charge in [0.2, 0.25) is 0 Å². The van der Waals surface area contributed by atoms with Gasteiger partial charge in [0.1, 0.15) is 6.17 Å². The van der Waals surface area contributed by atoms with E-state index in [1.165, 1.54) is 11.1 Å². The zero-order chi connectivity index (χ0) is 12.4. The number of hydrogen-bond donors (Lipinski definition) is 2. The van der Waals surface area contributed by atoms with E-state index in [1.807, 2.05) is 12.1 Å². The van der Waals surface area contributed by atoms with Crippen molar-refractivity contribution in [1.82, 2.24) is 15.8 Å². The SMILES string of the molecule is CN1NC(c2ccccc2)NC1c1ccccc1. The molecule has 0 bridgehead atoms. The summed E-state index contributed by atoms with van der Waals surface area (Å²) in [6, 6.07) is 20.9. The summed E-state index contributed by atoms with van der Waals surface area (Å²) in [5.74, 6) is 0. The van der Waals surface area contributed by atoms with Crippen LogP contribution in [0, 0.1) is 0 Å². The molecule has 92 valence electrons. The fraction of sp³-hybridized carbons (Fsp3) is 0.200. The smallest absolute Gasteiger partial charge is 0.100 e. The number of nitrogens with one attached hydrogen (secondary N) is 2. The molecule has 0 amide bonds. The standard InChI is InChI=1S/C15H17N3/c1-18-15(13-10-6-3-7-11-13)16-14(17-18)12-8-4-2-5-9-12/h2-11,14-17H,1H3. The average Bonchev–Trinajstić information content (AvgIpc) is 2.83. The third-order valence-electron chi connectivity index (χ3n) is 3.29. The number of hydrazine groups is 1. The Labute approximate surface area is 107 Å². The molecular formula is C15H17N3. The summed E-state index contributed by atoms with van der Waals surface area (Å²) in [5.41, 5.74) is 5.96. The van der Waals surface area contributed by atoms with Crippen molar-refractivity contribution in [2.24, 2.45) is 0 Å². The average molecular weight is 239 g/mol. The highest BCUT2D eigenvalue weighted by Gasteiger charge is 2.29. The molecular weight excluding hydrogens is 222 g/mol. The molecule has 2 atom stereocenters. The molecule has 2 N–H and O–H groups in total. The molecule has 2 unspecified atom stereocenters. The van der Waals surface area contributed by atoms with Crippen molar-refractivity contribution in [2.75, 3.05) is 7.05 Å². The van der Waals surface area contributed by atoms with Crippen molar-refractivity contribution in [1.29, 1.82) is 0 Å². The highest BCUT2D eigenvalue weighted by atomic mass is 15.6. The lowest BCUT2D eigenvalue weighted by atomic mass is 10.1. The van der Waals surface area contributed by atoms with E-state index in [0.717, 1.165) is 0 Å². The van der Waals surface area contributed by atoms with Crippen LogP contribution in [0.3, 0.4) is 0 Å². The van der Waals surface area contributed by atoms with E-state index in [9.17, 15) is 0 Å². The monoisotopic (exact) mass is 239 g/mol. The van der Waals surface area contributed by atoms with Crippen molar-refractivity contribution in [3.8, 4) is 0 Å². The molecule has 0 radical (unpaired) electrons. The number of rotatable bonds is 2. The Morgan fingerprint density at radius 3 is 2.00 bits per heavy atom. The van der Waals surface area contributed by atoms with E-state index in [1.54, 1.807) is 0 Å². The predicted octanol–water partition coefficient (Wildman–Crippen LogP) is 2.42. The Morgan fingerprint density at radius 1 is 0.833 bits per heavy atom. The van der Waals surface area contributed by atoms with Crippen LogP contribution in [0.25, 0.3) is 0 Å². The summed E-state index contributed by atoms with van der Waals surface area (Å²) in [6.45, 7) is 0. The van der Waals surface area contributed by atoms with Gasteiger partial charge in [-0.25, -0.2) is 10.4 Å². The molecule has 1 fully saturated rings. The summed E-state index contributed by atoms with van der Waals surface area (Å²) in [7, 11) is 2.06. The van der Waals surface area contributed by atoms with Crippen LogP contribution in [0.15, 0.2) is 60.7 Å². The Bertz CT molecular complexity index is 498. The van der Waals surface area contributed by atoms with Gasteiger partial charge in [-0.15, -0.1) is 0 Å². The van der Waals surface area contributed by atoms with Crippen molar-refractivity contribution < 1.29 is 0 Å². The molecule has 0 spiro atoms. The lowest BCUT2D eigenvalue weighted by Crippen LogP contribution is -2.29. The van der Waals surface area contributed by atoms with Gasteiger partial charge in [-0.1, -0.05) is 60.7 Å². The summed E-state index contributed by atoms with van der Waals surface area (Å²) >= 11 is 0. The van der Waals surface area contributed by atoms with Crippen LogP contribution in [-0.4, -0.2) is 12.1 Å². The fourth-order valence-electron chi connectivity index (χ4n) is 2.36. The maximum absolute atomic E-state index is 3.59. The zero-order valence-corrected chi connectivity index (χ0v) is 10.4. The summed E-state index contributed by atoms with van der Waals surface area (Å²) in [4.78, 5) is 0. The van der Waals surface area contributed by atoms with Gasteiger partial charge in [0.05, 0.1) is 6.17 Å². The molecule has 3 rings (SSSR count). The summed E-state index contributed by atoms with van der Waals surface area (Å²) < 4.78 is 0. The molecule has 2 aromatic rings. The third kappa shape index (κ3) is 2.16. The summed E-state index contributed by atoms with van der Waals surface area (Å²) in [6.07, 6.45) is 0.373. The Kier molecular flexibility index (Phi) is 3.11. The van der Waals surface area contributed by atoms with Crippen molar-refractivity contribution in [2.45, 2.75) is 12.3 Å². The van der Waals surface area contributed by atoms with Crippen LogP contribution in [0.5, 0.6) is 0 Å². The van der Waals surface area contributed by atoms with Gasteiger partial charge >= 0.3 is 0 Å². The van der Waals surface area contributed by atoms with Crippen LogP contribution < -0.4 is 10.7 Å². The summed E-state index contributed by atoms with van der Waals surface area (Å²) in [5, 5.41) is 5.71.